The first-order valence-corrected chi connectivity index (χ1v) is 13.9. The molecule has 0 unspecified atom stereocenters. The number of aromatic nitrogens is 4. The second-order valence-corrected chi connectivity index (χ2v) is 11.5. The summed E-state index contributed by atoms with van der Waals surface area (Å²) < 4.78 is 1.98. The van der Waals surface area contributed by atoms with E-state index in [0.717, 1.165) is 98.8 Å². The van der Waals surface area contributed by atoms with Gasteiger partial charge in [0.1, 0.15) is 0 Å². The quantitative estimate of drug-likeness (QED) is 0.666. The van der Waals surface area contributed by atoms with Crippen LogP contribution >= 0.6 is 23.5 Å². The summed E-state index contributed by atoms with van der Waals surface area (Å²) in [7, 11) is 0. The Labute approximate surface area is 196 Å². The number of hydrogen-bond donors (Lipinski definition) is 0. The van der Waals surface area contributed by atoms with Crippen molar-refractivity contribution >= 4 is 41.4 Å². The second-order valence-electron chi connectivity index (χ2n) is 9.04. The summed E-state index contributed by atoms with van der Waals surface area (Å²) in [5.41, 5.74) is 1.29. The molecule has 2 bridgehead atoms. The molecule has 0 aromatic carbocycles. The van der Waals surface area contributed by atoms with Gasteiger partial charge < -0.3 is 19.3 Å². The summed E-state index contributed by atoms with van der Waals surface area (Å²) in [6.45, 7) is 6.51. The van der Waals surface area contributed by atoms with Crippen LogP contribution in [0.5, 0.6) is 0 Å². The van der Waals surface area contributed by atoms with Crippen molar-refractivity contribution in [3.05, 3.63) is 34.2 Å². The highest BCUT2D eigenvalue weighted by molar-refractivity contribution is 7.99. The predicted octanol–water partition coefficient (Wildman–Crippen LogP) is 1.76. The van der Waals surface area contributed by atoms with Gasteiger partial charge in [-0.3, -0.25) is 4.79 Å². The molecule has 3 saturated heterocycles. The van der Waals surface area contributed by atoms with Crippen LogP contribution in [0.25, 0.3) is 0 Å². The van der Waals surface area contributed by atoms with E-state index in [9.17, 15) is 4.79 Å². The Morgan fingerprint density at radius 2 is 1.34 bits per heavy atom. The molecular weight excluding hydrogens is 442 g/mol. The van der Waals surface area contributed by atoms with Crippen molar-refractivity contribution in [2.75, 3.05) is 77.0 Å². The number of thioether (sulfide) groups is 2. The molecule has 0 radical (unpaired) electrons. The molecule has 170 valence electrons. The Morgan fingerprint density at radius 3 is 1.97 bits per heavy atom. The van der Waals surface area contributed by atoms with Crippen molar-refractivity contribution in [3.8, 4) is 0 Å². The molecule has 6 heterocycles. The molecule has 0 amide bonds. The van der Waals surface area contributed by atoms with Crippen LogP contribution in [0.2, 0.25) is 0 Å². The Morgan fingerprint density at radius 1 is 0.750 bits per heavy atom. The van der Waals surface area contributed by atoms with E-state index < -0.39 is 0 Å². The molecular formula is C22H29N7OS2. The number of fused-ring (bicyclic) bond motifs is 4. The maximum absolute atomic E-state index is 12.4. The molecule has 0 aliphatic carbocycles. The molecule has 2 aromatic rings. The minimum atomic E-state index is 0.126. The lowest BCUT2D eigenvalue weighted by atomic mass is 9.83. The number of piperidine rings is 1. The van der Waals surface area contributed by atoms with E-state index in [1.165, 1.54) is 0 Å². The topological polar surface area (TPSA) is 70.4 Å². The first kappa shape index (κ1) is 20.7. The Kier molecular flexibility index (Phi) is 5.66. The number of hydrogen-bond acceptors (Lipinski definition) is 9. The minimum absolute atomic E-state index is 0.126. The third-order valence-corrected chi connectivity index (χ3v) is 8.84. The van der Waals surface area contributed by atoms with E-state index >= 15 is 0 Å². The molecule has 0 N–H and O–H groups in total. The zero-order valence-electron chi connectivity index (χ0n) is 18.2. The number of anilines is 3. The molecule has 4 aliphatic rings. The van der Waals surface area contributed by atoms with Crippen LogP contribution in [0, 0.1) is 5.92 Å². The van der Waals surface area contributed by atoms with Gasteiger partial charge in [-0.05, 0) is 18.4 Å². The van der Waals surface area contributed by atoms with Crippen LogP contribution in [0.1, 0.15) is 18.0 Å². The summed E-state index contributed by atoms with van der Waals surface area (Å²) in [6.07, 6.45) is 1.14. The van der Waals surface area contributed by atoms with E-state index in [1.54, 1.807) is 6.07 Å². The first-order valence-electron chi connectivity index (χ1n) is 11.6. The Bertz CT molecular complexity index is 999. The Hall–Kier alpha value is -1.94. The molecule has 4 aliphatic heterocycles. The largest absolute Gasteiger partial charge is 0.340 e. The Balaban J connectivity index is 1.34. The van der Waals surface area contributed by atoms with Gasteiger partial charge in [-0.1, -0.05) is 6.07 Å². The van der Waals surface area contributed by atoms with Crippen molar-refractivity contribution in [1.29, 1.82) is 0 Å². The van der Waals surface area contributed by atoms with E-state index in [4.69, 9.17) is 15.0 Å². The third kappa shape index (κ3) is 3.96. The maximum atomic E-state index is 12.4. The van der Waals surface area contributed by atoms with Crippen LogP contribution in [0.15, 0.2) is 23.0 Å². The molecule has 2 atom stereocenters. The van der Waals surface area contributed by atoms with Gasteiger partial charge in [0.25, 0.3) is 5.56 Å². The van der Waals surface area contributed by atoms with Gasteiger partial charge in [0, 0.05) is 86.5 Å². The fourth-order valence-corrected chi connectivity index (χ4v) is 7.16. The van der Waals surface area contributed by atoms with Gasteiger partial charge in [0.15, 0.2) is 0 Å². The van der Waals surface area contributed by atoms with Crippen molar-refractivity contribution < 1.29 is 0 Å². The molecule has 32 heavy (non-hydrogen) atoms. The highest BCUT2D eigenvalue weighted by Gasteiger charge is 2.36. The van der Waals surface area contributed by atoms with E-state index in [2.05, 4.69) is 20.8 Å². The molecule has 2 aromatic heterocycles. The summed E-state index contributed by atoms with van der Waals surface area (Å²) in [4.78, 5) is 34.3. The molecule has 0 saturated carbocycles. The van der Waals surface area contributed by atoms with Crippen LogP contribution in [0.4, 0.5) is 17.8 Å². The molecule has 8 nitrogen and oxygen atoms in total. The summed E-state index contributed by atoms with van der Waals surface area (Å²) >= 11 is 4.00. The van der Waals surface area contributed by atoms with Gasteiger partial charge >= 0.3 is 0 Å². The zero-order valence-corrected chi connectivity index (χ0v) is 19.9. The average molecular weight is 472 g/mol. The summed E-state index contributed by atoms with van der Waals surface area (Å²) in [6, 6.07) is 5.70. The van der Waals surface area contributed by atoms with Gasteiger partial charge in [-0.2, -0.15) is 38.5 Å². The third-order valence-electron chi connectivity index (χ3n) is 6.95. The second kappa shape index (κ2) is 8.78. The van der Waals surface area contributed by atoms with Crippen LogP contribution in [-0.2, 0) is 6.54 Å². The van der Waals surface area contributed by atoms with E-state index in [0.29, 0.717) is 11.8 Å². The first-order chi connectivity index (χ1) is 15.7. The molecule has 0 spiro atoms. The monoisotopic (exact) mass is 471 g/mol. The lowest BCUT2D eigenvalue weighted by Crippen LogP contribution is -2.48. The van der Waals surface area contributed by atoms with Crippen molar-refractivity contribution in [1.82, 2.24) is 19.5 Å². The summed E-state index contributed by atoms with van der Waals surface area (Å²) in [5.74, 6) is 7.74. The zero-order chi connectivity index (χ0) is 21.5. The number of rotatable bonds is 3. The minimum Gasteiger partial charge on any atom is -0.340 e. The van der Waals surface area contributed by atoms with Crippen LogP contribution in [0.3, 0.4) is 0 Å². The predicted molar refractivity (Wildman–Crippen MR) is 133 cm³/mol. The SMILES string of the molecule is O=c1cccc2n1C[C@H]1C[C@@H]2CN(c2nc(N3CCSCC3)nc(N3CCSCC3)n2)C1. The number of pyridine rings is 1. The van der Waals surface area contributed by atoms with E-state index in [1.807, 2.05) is 34.2 Å². The van der Waals surface area contributed by atoms with Crippen LogP contribution < -0.4 is 20.3 Å². The highest BCUT2D eigenvalue weighted by atomic mass is 32.2. The van der Waals surface area contributed by atoms with Crippen molar-refractivity contribution in [3.63, 3.8) is 0 Å². The van der Waals surface area contributed by atoms with Crippen LogP contribution in [-0.4, -0.2) is 81.8 Å². The van der Waals surface area contributed by atoms with Gasteiger partial charge in [0.2, 0.25) is 17.8 Å². The standard InChI is InChI=1S/C22H29N7OS2/c30-19-3-1-2-18-17-12-16(14-29(18)19)13-28(15-17)22-24-20(26-4-8-31-9-5-26)23-21(25-22)27-6-10-32-11-7-27/h1-3,16-17H,4-15H2/t16-,17+/m0/s1. The number of nitrogens with zero attached hydrogens (tertiary/aromatic N) is 7. The molecule has 3 fully saturated rings. The molecule has 10 heteroatoms. The smallest absolute Gasteiger partial charge is 0.250 e. The highest BCUT2D eigenvalue weighted by Crippen LogP contribution is 2.36. The van der Waals surface area contributed by atoms with Gasteiger partial charge in [0.05, 0.1) is 0 Å². The average Bonchev–Trinajstić information content (AvgIpc) is 2.85. The van der Waals surface area contributed by atoms with Gasteiger partial charge in [-0.25, -0.2) is 0 Å². The lowest BCUT2D eigenvalue weighted by Gasteiger charge is -2.43. The van der Waals surface area contributed by atoms with Gasteiger partial charge in [-0.15, -0.1) is 0 Å². The van der Waals surface area contributed by atoms with Crippen molar-refractivity contribution in [2.45, 2.75) is 18.9 Å². The van der Waals surface area contributed by atoms with E-state index in [-0.39, 0.29) is 5.56 Å². The fraction of sp³-hybridized carbons (Fsp3) is 0.636. The summed E-state index contributed by atoms with van der Waals surface area (Å²) in [5, 5.41) is 0. The lowest BCUT2D eigenvalue weighted by molar-refractivity contribution is 0.279. The fourth-order valence-electron chi connectivity index (χ4n) is 5.35. The normalized spacial score (nSPS) is 25.6. The molecule has 6 rings (SSSR count). The van der Waals surface area contributed by atoms with Crippen molar-refractivity contribution in [2.24, 2.45) is 5.92 Å². The maximum Gasteiger partial charge on any atom is 0.250 e.